The lowest BCUT2D eigenvalue weighted by Gasteiger charge is -2.16. The van der Waals surface area contributed by atoms with Crippen LogP contribution in [0.15, 0.2) is 12.1 Å². The monoisotopic (exact) mass is 245 g/mol. The first kappa shape index (κ1) is 11.9. The van der Waals surface area contributed by atoms with E-state index in [0.717, 1.165) is 4.90 Å². The van der Waals surface area contributed by atoms with Crippen LogP contribution in [0, 0.1) is 17.5 Å². The van der Waals surface area contributed by atoms with Crippen LogP contribution in [0.25, 0.3) is 0 Å². The van der Waals surface area contributed by atoms with Gasteiger partial charge >= 0.3 is 0 Å². The second-order valence-electron chi connectivity index (χ2n) is 3.94. The number of rotatable bonds is 1. The molecular weight excluding hydrogens is 235 g/mol. The third-order valence-corrected chi connectivity index (χ3v) is 2.67. The molecule has 1 amide bonds. The van der Waals surface area contributed by atoms with Crippen molar-refractivity contribution >= 4 is 5.91 Å². The highest BCUT2D eigenvalue weighted by Gasteiger charge is 2.29. The molecule has 1 aliphatic rings. The van der Waals surface area contributed by atoms with Gasteiger partial charge in [0.1, 0.15) is 23.0 Å². The maximum Gasteiger partial charge on any atom is 0.259 e. The Kier molecular flexibility index (Phi) is 3.06. The van der Waals surface area contributed by atoms with E-state index in [1.165, 1.54) is 0 Å². The molecule has 1 atom stereocenters. The van der Waals surface area contributed by atoms with Crippen LogP contribution < -0.4 is 0 Å². The predicted octanol–water partition coefficient (Wildman–Crippen LogP) is 1.31. The van der Waals surface area contributed by atoms with Gasteiger partial charge in [-0.05, 0) is 6.42 Å². The van der Waals surface area contributed by atoms with E-state index in [2.05, 4.69) is 0 Å². The van der Waals surface area contributed by atoms with Gasteiger partial charge in [0.25, 0.3) is 5.91 Å². The normalized spacial score (nSPS) is 19.8. The summed E-state index contributed by atoms with van der Waals surface area (Å²) in [5.74, 6) is -4.39. The Hall–Kier alpha value is -1.56. The summed E-state index contributed by atoms with van der Waals surface area (Å²) in [6.07, 6.45) is -0.304. The molecule has 1 aromatic carbocycles. The lowest BCUT2D eigenvalue weighted by molar-refractivity contribution is 0.0755. The average Bonchev–Trinajstić information content (AvgIpc) is 2.63. The van der Waals surface area contributed by atoms with E-state index in [1.54, 1.807) is 0 Å². The van der Waals surface area contributed by atoms with Crippen molar-refractivity contribution in [2.45, 2.75) is 12.5 Å². The van der Waals surface area contributed by atoms with Crippen LogP contribution in [0.2, 0.25) is 0 Å². The molecule has 3 nitrogen and oxygen atoms in total. The number of hydrogen-bond donors (Lipinski definition) is 1. The SMILES string of the molecule is O=C(c1c(F)cc(F)cc1F)N1CCC(O)C1. The summed E-state index contributed by atoms with van der Waals surface area (Å²) < 4.78 is 39.3. The van der Waals surface area contributed by atoms with E-state index >= 15 is 0 Å². The molecule has 0 spiro atoms. The molecule has 1 unspecified atom stereocenters. The number of β-amino-alcohol motifs (C(OH)–C–C–N with tert-alkyl or cyclic N) is 1. The molecule has 0 bridgehead atoms. The lowest BCUT2D eigenvalue weighted by atomic mass is 10.1. The highest BCUT2D eigenvalue weighted by Crippen LogP contribution is 2.19. The van der Waals surface area contributed by atoms with E-state index in [1.807, 2.05) is 0 Å². The van der Waals surface area contributed by atoms with Gasteiger partial charge in [0, 0.05) is 25.2 Å². The fourth-order valence-electron chi connectivity index (χ4n) is 1.83. The highest BCUT2D eigenvalue weighted by molar-refractivity contribution is 5.95. The molecule has 0 radical (unpaired) electrons. The summed E-state index contributed by atoms with van der Waals surface area (Å²) in [5.41, 5.74) is -0.777. The third-order valence-electron chi connectivity index (χ3n) is 2.67. The summed E-state index contributed by atoms with van der Waals surface area (Å²) in [7, 11) is 0. The largest absolute Gasteiger partial charge is 0.391 e. The van der Waals surface area contributed by atoms with Gasteiger partial charge in [0.15, 0.2) is 0 Å². The Morgan fingerprint density at radius 2 is 1.88 bits per heavy atom. The van der Waals surface area contributed by atoms with Gasteiger partial charge in [-0.2, -0.15) is 0 Å². The van der Waals surface area contributed by atoms with Crippen molar-refractivity contribution < 1.29 is 23.1 Å². The molecule has 1 saturated heterocycles. The molecule has 1 fully saturated rings. The molecule has 1 heterocycles. The van der Waals surface area contributed by atoms with E-state index in [4.69, 9.17) is 0 Å². The first-order chi connectivity index (χ1) is 7.99. The zero-order valence-corrected chi connectivity index (χ0v) is 8.79. The maximum absolute atomic E-state index is 13.3. The average molecular weight is 245 g/mol. The predicted molar refractivity (Wildman–Crippen MR) is 52.8 cm³/mol. The van der Waals surface area contributed by atoms with E-state index in [0.29, 0.717) is 18.6 Å². The Morgan fingerprint density at radius 1 is 1.29 bits per heavy atom. The molecule has 1 aromatic rings. The molecule has 0 saturated carbocycles. The number of carbonyl (C=O) groups is 1. The number of amides is 1. The van der Waals surface area contributed by atoms with E-state index < -0.39 is 35.0 Å². The fraction of sp³-hybridized carbons (Fsp3) is 0.364. The minimum Gasteiger partial charge on any atom is -0.391 e. The second kappa shape index (κ2) is 4.37. The number of nitrogens with zero attached hydrogens (tertiary/aromatic N) is 1. The van der Waals surface area contributed by atoms with Crippen LogP contribution in [-0.2, 0) is 0 Å². The van der Waals surface area contributed by atoms with Gasteiger partial charge in [-0.3, -0.25) is 4.79 Å². The molecule has 92 valence electrons. The molecule has 0 aliphatic carbocycles. The Morgan fingerprint density at radius 3 is 2.35 bits per heavy atom. The maximum atomic E-state index is 13.3. The smallest absolute Gasteiger partial charge is 0.259 e. The number of aliphatic hydroxyl groups excluding tert-OH is 1. The summed E-state index contributed by atoms with van der Waals surface area (Å²) in [5, 5.41) is 9.24. The number of halogens is 3. The van der Waals surface area contributed by atoms with Crippen LogP contribution in [0.3, 0.4) is 0 Å². The van der Waals surface area contributed by atoms with Crippen molar-refractivity contribution in [1.82, 2.24) is 4.90 Å². The summed E-state index contributed by atoms with van der Waals surface area (Å²) in [6, 6.07) is 0.922. The Bertz CT molecular complexity index is 441. The van der Waals surface area contributed by atoms with E-state index in [9.17, 15) is 23.1 Å². The molecule has 1 aliphatic heterocycles. The Balaban J connectivity index is 2.31. The van der Waals surface area contributed by atoms with Crippen molar-refractivity contribution in [3.8, 4) is 0 Å². The summed E-state index contributed by atoms with van der Waals surface area (Å²) in [4.78, 5) is 12.9. The molecule has 2 rings (SSSR count). The Labute approximate surface area is 95.5 Å². The van der Waals surface area contributed by atoms with Gasteiger partial charge in [-0.1, -0.05) is 0 Å². The fourth-order valence-corrected chi connectivity index (χ4v) is 1.83. The molecule has 6 heteroatoms. The minimum absolute atomic E-state index is 0.0368. The first-order valence-corrected chi connectivity index (χ1v) is 5.11. The molecular formula is C11H10F3NO2. The minimum atomic E-state index is -1.23. The van der Waals surface area contributed by atoms with Crippen LogP contribution >= 0.6 is 0 Å². The van der Waals surface area contributed by atoms with Crippen molar-refractivity contribution in [3.05, 3.63) is 35.1 Å². The second-order valence-corrected chi connectivity index (χ2v) is 3.94. The van der Waals surface area contributed by atoms with Crippen LogP contribution in [-0.4, -0.2) is 35.1 Å². The van der Waals surface area contributed by atoms with Crippen LogP contribution in [0.1, 0.15) is 16.8 Å². The zero-order valence-electron chi connectivity index (χ0n) is 8.79. The van der Waals surface area contributed by atoms with Crippen molar-refractivity contribution in [2.24, 2.45) is 0 Å². The van der Waals surface area contributed by atoms with Gasteiger partial charge < -0.3 is 10.0 Å². The quantitative estimate of drug-likeness (QED) is 0.810. The summed E-state index contributed by atoms with van der Waals surface area (Å²) in [6.45, 7) is 0.269. The topological polar surface area (TPSA) is 40.5 Å². The van der Waals surface area contributed by atoms with Crippen molar-refractivity contribution in [1.29, 1.82) is 0 Å². The number of aliphatic hydroxyl groups is 1. The van der Waals surface area contributed by atoms with Crippen LogP contribution in [0.4, 0.5) is 13.2 Å². The van der Waals surface area contributed by atoms with Crippen LogP contribution in [0.5, 0.6) is 0 Å². The number of likely N-dealkylation sites (tertiary alicyclic amines) is 1. The standard InChI is InChI=1S/C11H10F3NO2/c12-6-3-8(13)10(9(14)4-6)11(17)15-2-1-7(16)5-15/h3-4,7,16H,1-2,5H2. The summed E-state index contributed by atoms with van der Waals surface area (Å²) >= 11 is 0. The highest BCUT2D eigenvalue weighted by atomic mass is 19.1. The molecule has 0 aromatic heterocycles. The molecule has 1 N–H and O–H groups in total. The third kappa shape index (κ3) is 2.26. The van der Waals surface area contributed by atoms with Crippen molar-refractivity contribution in [3.63, 3.8) is 0 Å². The zero-order chi connectivity index (χ0) is 12.6. The van der Waals surface area contributed by atoms with Gasteiger partial charge in [0.2, 0.25) is 0 Å². The van der Waals surface area contributed by atoms with E-state index in [-0.39, 0.29) is 13.1 Å². The number of hydrogen-bond acceptors (Lipinski definition) is 2. The van der Waals surface area contributed by atoms with Crippen molar-refractivity contribution in [2.75, 3.05) is 13.1 Å². The number of benzene rings is 1. The number of carbonyl (C=O) groups excluding carboxylic acids is 1. The van der Waals surface area contributed by atoms with Gasteiger partial charge in [-0.25, -0.2) is 13.2 Å². The molecule has 17 heavy (non-hydrogen) atoms. The lowest BCUT2D eigenvalue weighted by Crippen LogP contribution is -2.31. The van der Waals surface area contributed by atoms with Gasteiger partial charge in [0.05, 0.1) is 6.10 Å². The first-order valence-electron chi connectivity index (χ1n) is 5.11. The van der Waals surface area contributed by atoms with Gasteiger partial charge in [-0.15, -0.1) is 0 Å².